The highest BCUT2D eigenvalue weighted by Crippen LogP contribution is 2.22. The zero-order valence-corrected chi connectivity index (χ0v) is 16.4. The maximum Gasteiger partial charge on any atom is 0.129 e. The summed E-state index contributed by atoms with van der Waals surface area (Å²) in [6.45, 7) is 0.807. The molecule has 0 fully saturated rings. The lowest BCUT2D eigenvalue weighted by molar-refractivity contribution is 0.0741. The lowest BCUT2D eigenvalue weighted by Gasteiger charge is -2.21. The second-order valence-corrected chi connectivity index (χ2v) is 7.16. The largest absolute Gasteiger partial charge is 0.491 e. The lowest BCUT2D eigenvalue weighted by Crippen LogP contribution is -2.33. The molecule has 146 valence electrons. The molecule has 0 heterocycles. The minimum absolute atomic E-state index is 0.153. The van der Waals surface area contributed by atoms with Gasteiger partial charge in [-0.05, 0) is 42.4 Å². The molecular weight excluding hydrogens is 377 g/mol. The summed E-state index contributed by atoms with van der Waals surface area (Å²) in [7, 11) is 1.81. The summed E-state index contributed by atoms with van der Waals surface area (Å²) in [5.74, 6) is 0.349. The summed E-state index contributed by atoms with van der Waals surface area (Å²) in [4.78, 5) is 1.82. The number of rotatable bonds is 8. The first kappa shape index (κ1) is 20.3. The van der Waals surface area contributed by atoms with E-state index in [0.29, 0.717) is 29.4 Å². The van der Waals surface area contributed by atoms with Crippen molar-refractivity contribution >= 4 is 11.6 Å². The van der Waals surface area contributed by atoms with E-state index in [1.54, 1.807) is 19.2 Å². The van der Waals surface area contributed by atoms with Gasteiger partial charge in [0.05, 0.1) is 0 Å². The van der Waals surface area contributed by atoms with Crippen LogP contribution in [0.25, 0.3) is 11.1 Å². The molecule has 0 bridgehead atoms. The molecule has 0 spiro atoms. The van der Waals surface area contributed by atoms with Crippen LogP contribution in [0.15, 0.2) is 72.8 Å². The summed E-state index contributed by atoms with van der Waals surface area (Å²) in [6.07, 6.45) is -0.704. The zero-order chi connectivity index (χ0) is 19.9. The Kier molecular flexibility index (Phi) is 7.04. The van der Waals surface area contributed by atoms with Gasteiger partial charge in [-0.3, -0.25) is 4.90 Å². The Morgan fingerprint density at radius 3 is 2.32 bits per heavy atom. The number of hydrogen-bond donors (Lipinski definition) is 1. The SMILES string of the molecule is CN(Cc1c(F)cccc1Cl)CC(O)COc1ccc(-c2ccccc2)cc1. The first-order chi connectivity index (χ1) is 13.5. The van der Waals surface area contributed by atoms with Gasteiger partial charge in [0.1, 0.15) is 24.3 Å². The fourth-order valence-corrected chi connectivity index (χ4v) is 3.22. The molecule has 3 rings (SSSR count). The van der Waals surface area contributed by atoms with Crippen LogP contribution in [0.2, 0.25) is 5.02 Å². The number of nitrogens with zero attached hydrogens (tertiary/aromatic N) is 1. The minimum Gasteiger partial charge on any atom is -0.491 e. The number of likely N-dealkylation sites (N-methyl/N-ethyl adjacent to an activating group) is 1. The van der Waals surface area contributed by atoms with Gasteiger partial charge in [-0.25, -0.2) is 4.39 Å². The number of benzene rings is 3. The Labute approximate surface area is 170 Å². The van der Waals surface area contributed by atoms with E-state index in [1.165, 1.54) is 6.07 Å². The van der Waals surface area contributed by atoms with Crippen LogP contribution >= 0.6 is 11.6 Å². The van der Waals surface area contributed by atoms with Gasteiger partial charge in [-0.2, -0.15) is 0 Å². The Bertz CT molecular complexity index is 867. The van der Waals surface area contributed by atoms with Gasteiger partial charge in [0, 0.05) is 23.7 Å². The van der Waals surface area contributed by atoms with Crippen molar-refractivity contribution in [1.29, 1.82) is 0 Å². The third-order valence-corrected chi connectivity index (χ3v) is 4.77. The predicted molar refractivity (Wildman–Crippen MR) is 111 cm³/mol. The van der Waals surface area contributed by atoms with Crippen LogP contribution in [0.3, 0.4) is 0 Å². The van der Waals surface area contributed by atoms with E-state index >= 15 is 0 Å². The molecule has 0 aromatic heterocycles. The standard InChI is InChI=1S/C23H23ClFNO2/c1-26(15-21-22(24)8-5-9-23(21)25)14-19(27)16-28-20-12-10-18(11-13-20)17-6-3-2-4-7-17/h2-13,19,27H,14-16H2,1H3. The fraction of sp³-hybridized carbons (Fsp3) is 0.217. The Morgan fingerprint density at radius 1 is 0.964 bits per heavy atom. The van der Waals surface area contributed by atoms with Gasteiger partial charge in [-0.15, -0.1) is 0 Å². The van der Waals surface area contributed by atoms with Crippen LogP contribution in [0, 0.1) is 5.82 Å². The highest BCUT2D eigenvalue weighted by Gasteiger charge is 2.13. The molecule has 5 heteroatoms. The van der Waals surface area contributed by atoms with Gasteiger partial charge >= 0.3 is 0 Å². The monoisotopic (exact) mass is 399 g/mol. The molecule has 1 N–H and O–H groups in total. The molecular formula is C23H23ClFNO2. The van der Waals surface area contributed by atoms with Gasteiger partial charge < -0.3 is 9.84 Å². The van der Waals surface area contributed by atoms with Crippen LogP contribution in [-0.2, 0) is 6.54 Å². The van der Waals surface area contributed by atoms with Crippen molar-refractivity contribution in [2.45, 2.75) is 12.6 Å². The summed E-state index contributed by atoms with van der Waals surface area (Å²) in [5, 5.41) is 10.6. The van der Waals surface area contributed by atoms with Gasteiger partial charge in [0.15, 0.2) is 0 Å². The summed E-state index contributed by atoms with van der Waals surface area (Å²) < 4.78 is 19.6. The van der Waals surface area contributed by atoms with Crippen molar-refractivity contribution < 1.29 is 14.2 Å². The van der Waals surface area contributed by atoms with Crippen LogP contribution < -0.4 is 4.74 Å². The Balaban J connectivity index is 1.49. The van der Waals surface area contributed by atoms with Crippen molar-refractivity contribution in [2.24, 2.45) is 0 Å². The maximum absolute atomic E-state index is 13.9. The molecule has 1 unspecified atom stereocenters. The molecule has 0 aliphatic heterocycles. The molecule has 0 amide bonds. The maximum atomic E-state index is 13.9. The van der Waals surface area contributed by atoms with Crippen LogP contribution in [0.5, 0.6) is 5.75 Å². The number of hydrogen-bond acceptors (Lipinski definition) is 3. The fourth-order valence-electron chi connectivity index (χ4n) is 3.00. The highest BCUT2D eigenvalue weighted by atomic mass is 35.5. The topological polar surface area (TPSA) is 32.7 Å². The van der Waals surface area contributed by atoms with Crippen molar-refractivity contribution in [3.8, 4) is 16.9 Å². The Hall–Kier alpha value is -2.40. The molecule has 0 saturated carbocycles. The van der Waals surface area contributed by atoms with Gasteiger partial charge in [-0.1, -0.05) is 60.1 Å². The third-order valence-electron chi connectivity index (χ3n) is 4.42. The lowest BCUT2D eigenvalue weighted by atomic mass is 10.1. The van der Waals surface area contributed by atoms with Crippen LogP contribution in [0.4, 0.5) is 4.39 Å². The smallest absolute Gasteiger partial charge is 0.129 e. The molecule has 0 radical (unpaired) electrons. The number of aliphatic hydroxyl groups is 1. The van der Waals surface area contributed by atoms with E-state index in [9.17, 15) is 9.50 Å². The van der Waals surface area contributed by atoms with Crippen molar-refractivity contribution in [3.63, 3.8) is 0 Å². The van der Waals surface area contributed by atoms with Gasteiger partial charge in [0.2, 0.25) is 0 Å². The Morgan fingerprint density at radius 2 is 1.64 bits per heavy atom. The number of aliphatic hydroxyl groups excluding tert-OH is 1. The minimum atomic E-state index is -0.704. The van der Waals surface area contributed by atoms with E-state index < -0.39 is 6.10 Å². The van der Waals surface area contributed by atoms with Crippen LogP contribution in [-0.4, -0.2) is 36.3 Å². The second-order valence-electron chi connectivity index (χ2n) is 6.75. The molecule has 3 aromatic rings. The molecule has 0 aliphatic carbocycles. The molecule has 0 saturated heterocycles. The number of ether oxygens (including phenoxy) is 1. The summed E-state index contributed by atoms with van der Waals surface area (Å²) >= 11 is 6.05. The third kappa shape index (κ3) is 5.55. The molecule has 3 nitrogen and oxygen atoms in total. The molecule has 1 atom stereocenters. The summed E-state index contributed by atoms with van der Waals surface area (Å²) in [5.41, 5.74) is 2.67. The summed E-state index contributed by atoms with van der Waals surface area (Å²) in [6, 6.07) is 22.5. The van der Waals surface area contributed by atoms with E-state index in [0.717, 1.165) is 11.1 Å². The van der Waals surface area contributed by atoms with Gasteiger partial charge in [0.25, 0.3) is 0 Å². The van der Waals surface area contributed by atoms with E-state index in [2.05, 4.69) is 12.1 Å². The average molecular weight is 400 g/mol. The average Bonchev–Trinajstić information content (AvgIpc) is 2.70. The van der Waals surface area contributed by atoms with Crippen molar-refractivity contribution in [3.05, 3.63) is 89.2 Å². The van der Waals surface area contributed by atoms with Crippen molar-refractivity contribution in [2.75, 3.05) is 20.2 Å². The predicted octanol–water partition coefficient (Wildman–Crippen LogP) is 5.02. The number of halogens is 2. The van der Waals surface area contributed by atoms with E-state index in [-0.39, 0.29) is 12.4 Å². The molecule has 28 heavy (non-hydrogen) atoms. The molecule has 3 aromatic carbocycles. The first-order valence-electron chi connectivity index (χ1n) is 9.10. The first-order valence-corrected chi connectivity index (χ1v) is 9.48. The van der Waals surface area contributed by atoms with E-state index in [1.807, 2.05) is 47.4 Å². The molecule has 0 aliphatic rings. The zero-order valence-electron chi connectivity index (χ0n) is 15.7. The van der Waals surface area contributed by atoms with Crippen LogP contribution in [0.1, 0.15) is 5.56 Å². The van der Waals surface area contributed by atoms with E-state index in [4.69, 9.17) is 16.3 Å². The highest BCUT2D eigenvalue weighted by molar-refractivity contribution is 6.31. The normalized spacial score (nSPS) is 12.2. The second kappa shape index (κ2) is 9.69. The quantitative estimate of drug-likeness (QED) is 0.577. The van der Waals surface area contributed by atoms with Crippen molar-refractivity contribution in [1.82, 2.24) is 4.90 Å².